The molecule has 100 valence electrons. The van der Waals surface area contributed by atoms with Gasteiger partial charge in [0.1, 0.15) is 0 Å². The van der Waals surface area contributed by atoms with Gasteiger partial charge in [0.25, 0.3) is 0 Å². The van der Waals surface area contributed by atoms with Crippen LogP contribution in [0.1, 0.15) is 32.1 Å². The summed E-state index contributed by atoms with van der Waals surface area (Å²) in [6, 6.07) is 1.48. The maximum atomic E-state index is 9.56. The van der Waals surface area contributed by atoms with Crippen LogP contribution in [0.4, 0.5) is 0 Å². The number of piperidine rings is 1. The molecule has 3 atom stereocenters. The lowest BCUT2D eigenvalue weighted by Crippen LogP contribution is -2.46. The van der Waals surface area contributed by atoms with Crippen LogP contribution in [0.5, 0.6) is 0 Å². The summed E-state index contributed by atoms with van der Waals surface area (Å²) in [5.41, 5.74) is 0. The molecule has 4 nitrogen and oxygen atoms in total. The van der Waals surface area contributed by atoms with E-state index in [9.17, 15) is 5.11 Å². The predicted octanol–water partition coefficient (Wildman–Crippen LogP) is 0.600. The van der Waals surface area contributed by atoms with Crippen molar-refractivity contribution in [3.8, 4) is 0 Å². The van der Waals surface area contributed by atoms with E-state index in [-0.39, 0.29) is 6.10 Å². The number of rotatable bonds is 6. The summed E-state index contributed by atoms with van der Waals surface area (Å²) in [6.07, 6.45) is 5.78. The second-order valence-corrected chi connectivity index (χ2v) is 5.41. The molecule has 2 saturated heterocycles. The van der Waals surface area contributed by atoms with Crippen LogP contribution < -0.4 is 5.32 Å². The quantitative estimate of drug-likeness (QED) is 0.716. The van der Waals surface area contributed by atoms with Crippen LogP contribution in [0.15, 0.2) is 0 Å². The first-order valence-electron chi connectivity index (χ1n) is 6.94. The molecule has 0 bridgehead atoms. The Labute approximate surface area is 104 Å². The van der Waals surface area contributed by atoms with Crippen LogP contribution >= 0.6 is 0 Å². The normalized spacial score (nSPS) is 31.4. The van der Waals surface area contributed by atoms with Crippen molar-refractivity contribution in [3.63, 3.8) is 0 Å². The van der Waals surface area contributed by atoms with Crippen LogP contribution in [0, 0.1) is 0 Å². The highest BCUT2D eigenvalue weighted by Gasteiger charge is 2.31. The maximum absolute atomic E-state index is 9.56. The third kappa shape index (κ3) is 3.91. The average molecular weight is 242 g/mol. The fourth-order valence-corrected chi connectivity index (χ4v) is 3.14. The lowest BCUT2D eigenvalue weighted by atomic mass is 9.97. The Morgan fingerprint density at radius 2 is 2.29 bits per heavy atom. The van der Waals surface area contributed by atoms with Gasteiger partial charge < -0.3 is 20.1 Å². The van der Waals surface area contributed by atoms with Crippen molar-refractivity contribution in [2.75, 3.05) is 33.4 Å². The van der Waals surface area contributed by atoms with Crippen molar-refractivity contribution in [1.82, 2.24) is 10.2 Å². The minimum absolute atomic E-state index is 0.320. The first-order chi connectivity index (χ1) is 8.29. The fraction of sp³-hybridized carbons (Fsp3) is 1.00. The van der Waals surface area contributed by atoms with E-state index in [2.05, 4.69) is 10.2 Å². The molecule has 0 aromatic carbocycles. The average Bonchev–Trinajstić information content (AvgIpc) is 2.76. The maximum Gasteiger partial charge on any atom is 0.0785 e. The summed E-state index contributed by atoms with van der Waals surface area (Å²) in [7, 11) is 1.63. The highest BCUT2D eigenvalue weighted by Crippen LogP contribution is 2.26. The second-order valence-electron chi connectivity index (χ2n) is 5.41. The zero-order valence-corrected chi connectivity index (χ0v) is 10.9. The number of methoxy groups -OCH3 is 1. The molecule has 3 unspecified atom stereocenters. The van der Waals surface area contributed by atoms with Gasteiger partial charge in [-0.3, -0.25) is 0 Å². The summed E-state index contributed by atoms with van der Waals surface area (Å²) in [6.45, 7) is 3.91. The number of ether oxygens (including phenoxy) is 1. The van der Waals surface area contributed by atoms with Gasteiger partial charge in [0.2, 0.25) is 0 Å². The first-order valence-corrected chi connectivity index (χ1v) is 6.94. The molecule has 0 aliphatic carbocycles. The Morgan fingerprint density at radius 3 is 3.12 bits per heavy atom. The SMILES string of the molecule is COCC(O)CCNC1CCN2CCCC2C1. The number of fused-ring (bicyclic) bond motifs is 1. The molecule has 2 fully saturated rings. The van der Waals surface area contributed by atoms with Gasteiger partial charge >= 0.3 is 0 Å². The van der Waals surface area contributed by atoms with Gasteiger partial charge in [-0.2, -0.15) is 0 Å². The number of nitrogens with one attached hydrogen (secondary N) is 1. The van der Waals surface area contributed by atoms with Gasteiger partial charge in [-0.05, 0) is 51.7 Å². The van der Waals surface area contributed by atoms with Crippen LogP contribution in [0.25, 0.3) is 0 Å². The van der Waals surface area contributed by atoms with E-state index in [1.807, 2.05) is 0 Å². The van der Waals surface area contributed by atoms with E-state index in [4.69, 9.17) is 4.74 Å². The molecule has 17 heavy (non-hydrogen) atoms. The number of nitrogens with zero attached hydrogens (tertiary/aromatic N) is 1. The van der Waals surface area contributed by atoms with Gasteiger partial charge in [-0.1, -0.05) is 0 Å². The molecule has 2 N–H and O–H groups in total. The van der Waals surface area contributed by atoms with Gasteiger partial charge in [-0.15, -0.1) is 0 Å². The van der Waals surface area contributed by atoms with Crippen molar-refractivity contribution in [2.45, 2.75) is 50.3 Å². The van der Waals surface area contributed by atoms with Crippen LogP contribution in [-0.4, -0.2) is 61.5 Å². The first kappa shape index (κ1) is 13.3. The zero-order chi connectivity index (χ0) is 12.1. The molecule has 0 spiro atoms. The molecule has 2 aliphatic heterocycles. The molecule has 0 amide bonds. The molecule has 2 heterocycles. The summed E-state index contributed by atoms with van der Waals surface area (Å²) in [5, 5.41) is 13.1. The molecule has 2 rings (SSSR count). The number of aliphatic hydroxyl groups is 1. The Kier molecular flexibility index (Phi) is 5.22. The van der Waals surface area contributed by atoms with Crippen LogP contribution in [0.3, 0.4) is 0 Å². The molecular formula is C13H26N2O2. The highest BCUT2D eigenvalue weighted by molar-refractivity contribution is 4.89. The molecule has 0 aromatic rings. The molecule has 0 saturated carbocycles. The number of aliphatic hydroxyl groups excluding tert-OH is 1. The topological polar surface area (TPSA) is 44.7 Å². The smallest absolute Gasteiger partial charge is 0.0785 e. The van der Waals surface area contributed by atoms with Gasteiger partial charge in [0, 0.05) is 19.2 Å². The molecule has 0 radical (unpaired) electrons. The molecule has 4 heteroatoms. The summed E-state index contributed by atoms with van der Waals surface area (Å²) in [4.78, 5) is 2.64. The standard InChI is InChI=1S/C13H26N2O2/c1-17-10-13(16)4-6-14-11-5-8-15-7-2-3-12(15)9-11/h11-14,16H,2-10H2,1H3. The predicted molar refractivity (Wildman–Crippen MR) is 68.1 cm³/mol. The second kappa shape index (κ2) is 6.69. The minimum Gasteiger partial charge on any atom is -0.391 e. The van der Waals surface area contributed by atoms with Gasteiger partial charge in [0.15, 0.2) is 0 Å². The van der Waals surface area contributed by atoms with Crippen molar-refractivity contribution in [3.05, 3.63) is 0 Å². The lowest BCUT2D eigenvalue weighted by Gasteiger charge is -2.35. The summed E-state index contributed by atoms with van der Waals surface area (Å²) < 4.78 is 4.92. The Balaban J connectivity index is 1.60. The van der Waals surface area contributed by atoms with E-state index in [0.29, 0.717) is 12.6 Å². The fourth-order valence-electron chi connectivity index (χ4n) is 3.14. The lowest BCUT2D eigenvalue weighted by molar-refractivity contribution is 0.0580. The van der Waals surface area contributed by atoms with E-state index < -0.39 is 0 Å². The van der Waals surface area contributed by atoms with Crippen molar-refractivity contribution in [1.29, 1.82) is 0 Å². The van der Waals surface area contributed by atoms with Crippen LogP contribution in [0.2, 0.25) is 0 Å². The van der Waals surface area contributed by atoms with Gasteiger partial charge in [-0.25, -0.2) is 0 Å². The van der Waals surface area contributed by atoms with E-state index in [0.717, 1.165) is 19.0 Å². The Morgan fingerprint density at radius 1 is 1.41 bits per heavy atom. The number of hydrogen-bond donors (Lipinski definition) is 2. The van der Waals surface area contributed by atoms with Gasteiger partial charge in [0.05, 0.1) is 12.7 Å². The van der Waals surface area contributed by atoms with Crippen molar-refractivity contribution < 1.29 is 9.84 Å². The third-order valence-corrected chi connectivity index (χ3v) is 4.09. The third-order valence-electron chi connectivity index (χ3n) is 4.09. The Hall–Kier alpha value is -0.160. The van der Waals surface area contributed by atoms with Crippen molar-refractivity contribution >= 4 is 0 Å². The molecule has 0 aromatic heterocycles. The van der Waals surface area contributed by atoms with E-state index >= 15 is 0 Å². The number of hydrogen-bond acceptors (Lipinski definition) is 4. The summed E-state index contributed by atoms with van der Waals surface area (Å²) in [5.74, 6) is 0. The monoisotopic (exact) mass is 242 g/mol. The highest BCUT2D eigenvalue weighted by atomic mass is 16.5. The van der Waals surface area contributed by atoms with Crippen LogP contribution in [-0.2, 0) is 4.74 Å². The Bertz CT molecular complexity index is 225. The van der Waals surface area contributed by atoms with Crippen molar-refractivity contribution in [2.24, 2.45) is 0 Å². The molecular weight excluding hydrogens is 216 g/mol. The molecule has 2 aliphatic rings. The zero-order valence-electron chi connectivity index (χ0n) is 10.9. The van der Waals surface area contributed by atoms with E-state index in [1.165, 1.54) is 38.8 Å². The summed E-state index contributed by atoms with van der Waals surface area (Å²) >= 11 is 0. The largest absolute Gasteiger partial charge is 0.391 e. The van der Waals surface area contributed by atoms with E-state index in [1.54, 1.807) is 7.11 Å². The minimum atomic E-state index is -0.320.